The summed E-state index contributed by atoms with van der Waals surface area (Å²) in [5.41, 5.74) is 1.35. The predicted molar refractivity (Wildman–Crippen MR) is 62.7 cm³/mol. The fourth-order valence-electron chi connectivity index (χ4n) is 2.32. The number of hydrogen-bond donors (Lipinski definition) is 1. The van der Waals surface area contributed by atoms with E-state index in [1.165, 1.54) is 12.0 Å². The molecule has 1 aromatic heterocycles. The molecule has 0 bridgehead atoms. The Morgan fingerprint density at radius 3 is 2.93 bits per heavy atom. The van der Waals surface area contributed by atoms with Crippen LogP contribution < -0.4 is 5.32 Å². The number of rotatable bonds is 5. The first-order valence-corrected chi connectivity index (χ1v) is 5.93. The van der Waals surface area contributed by atoms with E-state index in [0.29, 0.717) is 6.04 Å². The van der Waals surface area contributed by atoms with Gasteiger partial charge in [-0.1, -0.05) is 19.9 Å². The molecule has 2 nitrogen and oxygen atoms in total. The van der Waals surface area contributed by atoms with E-state index in [9.17, 15) is 0 Å². The first kappa shape index (κ1) is 10.6. The van der Waals surface area contributed by atoms with E-state index < -0.39 is 0 Å². The Hall–Kier alpha value is -0.890. The smallest absolute Gasteiger partial charge is 0.0300 e. The van der Waals surface area contributed by atoms with Gasteiger partial charge in [0.1, 0.15) is 0 Å². The third-order valence-corrected chi connectivity index (χ3v) is 3.33. The lowest BCUT2D eigenvalue weighted by molar-refractivity contribution is 0.454. The highest BCUT2D eigenvalue weighted by Crippen LogP contribution is 2.41. The van der Waals surface area contributed by atoms with Crippen LogP contribution in [0.1, 0.15) is 25.8 Å². The van der Waals surface area contributed by atoms with E-state index in [1.54, 1.807) is 0 Å². The summed E-state index contributed by atoms with van der Waals surface area (Å²) in [6.07, 6.45) is 6.33. The highest BCUT2D eigenvalue weighted by atomic mass is 14.9. The Labute approximate surface area is 92.1 Å². The van der Waals surface area contributed by atoms with Gasteiger partial charge in [0.25, 0.3) is 0 Å². The summed E-state index contributed by atoms with van der Waals surface area (Å²) in [7, 11) is 0. The van der Waals surface area contributed by atoms with Crippen LogP contribution in [-0.2, 0) is 6.42 Å². The second-order valence-corrected chi connectivity index (χ2v) is 4.61. The molecule has 1 fully saturated rings. The number of aromatic nitrogens is 1. The van der Waals surface area contributed by atoms with Crippen molar-refractivity contribution >= 4 is 0 Å². The minimum atomic E-state index is 0.647. The maximum absolute atomic E-state index is 4.17. The largest absolute Gasteiger partial charge is 0.314 e. The van der Waals surface area contributed by atoms with Crippen LogP contribution in [0.5, 0.6) is 0 Å². The van der Waals surface area contributed by atoms with Gasteiger partial charge in [0.15, 0.2) is 0 Å². The standard InChI is InChI=1S/C13H20N2/c1-3-15-13(12-7-10(12)2)8-11-5-4-6-14-9-11/h4-6,9-10,12-13,15H,3,7-8H2,1-2H3. The zero-order chi connectivity index (χ0) is 10.7. The average molecular weight is 204 g/mol. The fourth-order valence-corrected chi connectivity index (χ4v) is 2.32. The lowest BCUT2D eigenvalue weighted by Gasteiger charge is -2.17. The van der Waals surface area contributed by atoms with Crippen molar-refractivity contribution in [3.8, 4) is 0 Å². The minimum absolute atomic E-state index is 0.647. The Balaban J connectivity index is 1.95. The van der Waals surface area contributed by atoms with Crippen molar-refractivity contribution in [1.29, 1.82) is 0 Å². The molecule has 15 heavy (non-hydrogen) atoms. The maximum atomic E-state index is 4.17. The van der Waals surface area contributed by atoms with Gasteiger partial charge in [-0.2, -0.15) is 0 Å². The van der Waals surface area contributed by atoms with E-state index in [2.05, 4.69) is 30.2 Å². The third kappa shape index (κ3) is 2.78. The van der Waals surface area contributed by atoms with Crippen molar-refractivity contribution in [1.82, 2.24) is 10.3 Å². The van der Waals surface area contributed by atoms with E-state index >= 15 is 0 Å². The molecular formula is C13H20N2. The van der Waals surface area contributed by atoms with Gasteiger partial charge in [-0.25, -0.2) is 0 Å². The lowest BCUT2D eigenvalue weighted by Crippen LogP contribution is -2.33. The summed E-state index contributed by atoms with van der Waals surface area (Å²) >= 11 is 0. The first-order chi connectivity index (χ1) is 7.31. The summed E-state index contributed by atoms with van der Waals surface area (Å²) < 4.78 is 0. The third-order valence-electron chi connectivity index (χ3n) is 3.33. The first-order valence-electron chi connectivity index (χ1n) is 5.93. The molecule has 0 aliphatic heterocycles. The molecule has 0 amide bonds. The van der Waals surface area contributed by atoms with Crippen molar-refractivity contribution in [2.45, 2.75) is 32.7 Å². The molecular weight excluding hydrogens is 184 g/mol. The van der Waals surface area contributed by atoms with Gasteiger partial charge in [-0.05, 0) is 42.9 Å². The quantitative estimate of drug-likeness (QED) is 0.795. The van der Waals surface area contributed by atoms with Crippen molar-refractivity contribution in [2.24, 2.45) is 11.8 Å². The van der Waals surface area contributed by atoms with Gasteiger partial charge in [-0.3, -0.25) is 4.98 Å². The summed E-state index contributed by atoms with van der Waals surface area (Å²) in [6.45, 7) is 5.59. The Morgan fingerprint density at radius 2 is 2.40 bits per heavy atom. The molecule has 1 aliphatic carbocycles. The van der Waals surface area contributed by atoms with Crippen LogP contribution in [0, 0.1) is 11.8 Å². The van der Waals surface area contributed by atoms with Crippen LogP contribution in [0.3, 0.4) is 0 Å². The van der Waals surface area contributed by atoms with Gasteiger partial charge in [0.05, 0.1) is 0 Å². The van der Waals surface area contributed by atoms with Crippen LogP contribution in [-0.4, -0.2) is 17.6 Å². The number of nitrogens with one attached hydrogen (secondary N) is 1. The van der Waals surface area contributed by atoms with Crippen molar-refractivity contribution in [3.63, 3.8) is 0 Å². The molecule has 1 heterocycles. The van der Waals surface area contributed by atoms with E-state index in [-0.39, 0.29) is 0 Å². The number of pyridine rings is 1. The van der Waals surface area contributed by atoms with Gasteiger partial charge < -0.3 is 5.32 Å². The molecule has 3 atom stereocenters. The van der Waals surface area contributed by atoms with Crippen molar-refractivity contribution < 1.29 is 0 Å². The van der Waals surface area contributed by atoms with Crippen molar-refractivity contribution in [2.75, 3.05) is 6.54 Å². The molecule has 82 valence electrons. The summed E-state index contributed by atoms with van der Waals surface area (Å²) in [5, 5.41) is 3.60. The van der Waals surface area contributed by atoms with Crippen LogP contribution >= 0.6 is 0 Å². The Morgan fingerprint density at radius 1 is 1.60 bits per heavy atom. The van der Waals surface area contributed by atoms with Gasteiger partial charge in [0.2, 0.25) is 0 Å². The minimum Gasteiger partial charge on any atom is -0.314 e. The molecule has 1 N–H and O–H groups in total. The SMILES string of the molecule is CCNC(Cc1cccnc1)C1CC1C. The average Bonchev–Trinajstić information content (AvgIpc) is 2.97. The zero-order valence-electron chi connectivity index (χ0n) is 9.61. The molecule has 3 unspecified atom stereocenters. The molecule has 1 saturated carbocycles. The highest BCUT2D eigenvalue weighted by molar-refractivity contribution is 5.12. The lowest BCUT2D eigenvalue weighted by atomic mass is 10.0. The highest BCUT2D eigenvalue weighted by Gasteiger charge is 2.38. The number of nitrogens with zero attached hydrogens (tertiary/aromatic N) is 1. The normalized spacial score (nSPS) is 26.3. The monoisotopic (exact) mass is 204 g/mol. The van der Waals surface area contributed by atoms with Crippen LogP contribution in [0.25, 0.3) is 0 Å². The Bertz CT molecular complexity index is 297. The summed E-state index contributed by atoms with van der Waals surface area (Å²) in [5.74, 6) is 1.79. The molecule has 1 aliphatic rings. The Kier molecular flexibility index (Phi) is 3.37. The van der Waals surface area contributed by atoms with Gasteiger partial charge in [0, 0.05) is 18.4 Å². The second-order valence-electron chi connectivity index (χ2n) is 4.61. The molecule has 0 saturated heterocycles. The van der Waals surface area contributed by atoms with E-state index in [4.69, 9.17) is 0 Å². The zero-order valence-corrected chi connectivity index (χ0v) is 9.61. The fraction of sp³-hybridized carbons (Fsp3) is 0.615. The molecule has 2 rings (SSSR count). The molecule has 0 spiro atoms. The van der Waals surface area contributed by atoms with E-state index in [1.807, 2.05) is 18.5 Å². The van der Waals surface area contributed by atoms with Gasteiger partial charge in [-0.15, -0.1) is 0 Å². The second kappa shape index (κ2) is 4.75. The van der Waals surface area contributed by atoms with Crippen LogP contribution in [0.15, 0.2) is 24.5 Å². The molecule has 0 radical (unpaired) electrons. The molecule has 2 heteroatoms. The summed E-state index contributed by atoms with van der Waals surface area (Å²) in [4.78, 5) is 4.17. The van der Waals surface area contributed by atoms with Crippen LogP contribution in [0.4, 0.5) is 0 Å². The van der Waals surface area contributed by atoms with Crippen LogP contribution in [0.2, 0.25) is 0 Å². The molecule has 1 aromatic rings. The van der Waals surface area contributed by atoms with Crippen molar-refractivity contribution in [3.05, 3.63) is 30.1 Å². The van der Waals surface area contributed by atoms with Gasteiger partial charge >= 0.3 is 0 Å². The predicted octanol–water partition coefficient (Wildman–Crippen LogP) is 2.26. The van der Waals surface area contributed by atoms with E-state index in [0.717, 1.165) is 24.8 Å². The number of likely N-dealkylation sites (N-methyl/N-ethyl adjacent to an activating group) is 1. The maximum Gasteiger partial charge on any atom is 0.0300 e. The summed E-state index contributed by atoms with van der Waals surface area (Å²) in [6, 6.07) is 4.84. The topological polar surface area (TPSA) is 24.9 Å². The molecule has 0 aromatic carbocycles. The number of hydrogen-bond acceptors (Lipinski definition) is 2.